The predicted molar refractivity (Wildman–Crippen MR) is 83.3 cm³/mol. The van der Waals surface area contributed by atoms with E-state index in [4.69, 9.17) is 10.2 Å². The SMILES string of the molecule is NCCc1ocnc1CNC(=O)c1ccn2ncc(Br)c2c1. The molecule has 0 radical (unpaired) electrons. The van der Waals surface area contributed by atoms with Gasteiger partial charge in [0.1, 0.15) is 11.5 Å². The van der Waals surface area contributed by atoms with Crippen molar-refractivity contribution in [3.8, 4) is 0 Å². The van der Waals surface area contributed by atoms with Crippen molar-refractivity contribution in [3.63, 3.8) is 0 Å². The van der Waals surface area contributed by atoms with Crippen LogP contribution in [0.25, 0.3) is 5.52 Å². The lowest BCUT2D eigenvalue weighted by Gasteiger charge is -2.05. The van der Waals surface area contributed by atoms with Crippen molar-refractivity contribution in [2.75, 3.05) is 6.54 Å². The number of carbonyl (C=O) groups excluding carboxylic acids is 1. The van der Waals surface area contributed by atoms with Crippen LogP contribution in [0.3, 0.4) is 0 Å². The Hall–Kier alpha value is -2.19. The molecule has 0 saturated heterocycles. The van der Waals surface area contributed by atoms with E-state index in [2.05, 4.69) is 31.3 Å². The van der Waals surface area contributed by atoms with Gasteiger partial charge in [-0.15, -0.1) is 0 Å². The van der Waals surface area contributed by atoms with Gasteiger partial charge in [-0.2, -0.15) is 5.10 Å². The lowest BCUT2D eigenvalue weighted by Crippen LogP contribution is -2.23. The molecule has 0 atom stereocenters. The summed E-state index contributed by atoms with van der Waals surface area (Å²) in [5, 5.41) is 6.97. The van der Waals surface area contributed by atoms with E-state index >= 15 is 0 Å². The Balaban J connectivity index is 1.72. The maximum absolute atomic E-state index is 12.2. The number of rotatable bonds is 5. The number of nitrogens with zero attached hydrogens (tertiary/aromatic N) is 3. The molecule has 3 aromatic heterocycles. The summed E-state index contributed by atoms with van der Waals surface area (Å²) in [5.74, 6) is 0.522. The Morgan fingerprint density at radius 1 is 1.50 bits per heavy atom. The van der Waals surface area contributed by atoms with Gasteiger partial charge in [0.25, 0.3) is 5.91 Å². The molecule has 0 aliphatic carbocycles. The van der Waals surface area contributed by atoms with Crippen LogP contribution in [0.1, 0.15) is 21.8 Å². The Kier molecular flexibility index (Phi) is 4.21. The monoisotopic (exact) mass is 363 g/mol. The fourth-order valence-electron chi connectivity index (χ4n) is 2.13. The number of oxazole rings is 1. The second kappa shape index (κ2) is 6.29. The predicted octanol–water partition coefficient (Wildman–Crippen LogP) is 1.52. The number of fused-ring (bicyclic) bond motifs is 1. The van der Waals surface area contributed by atoms with E-state index in [1.807, 2.05) is 0 Å². The Morgan fingerprint density at radius 3 is 3.18 bits per heavy atom. The topological polar surface area (TPSA) is 98.5 Å². The van der Waals surface area contributed by atoms with Crippen molar-refractivity contribution in [2.24, 2.45) is 5.73 Å². The molecule has 7 nitrogen and oxygen atoms in total. The van der Waals surface area contributed by atoms with E-state index in [0.29, 0.717) is 36.5 Å². The van der Waals surface area contributed by atoms with Crippen LogP contribution < -0.4 is 11.1 Å². The molecular formula is C14H14BrN5O2. The number of amides is 1. The lowest BCUT2D eigenvalue weighted by atomic mass is 10.2. The van der Waals surface area contributed by atoms with Gasteiger partial charge in [0.2, 0.25) is 0 Å². The van der Waals surface area contributed by atoms with Gasteiger partial charge >= 0.3 is 0 Å². The van der Waals surface area contributed by atoms with Crippen LogP contribution in [-0.4, -0.2) is 27.0 Å². The van der Waals surface area contributed by atoms with Crippen LogP contribution in [0.2, 0.25) is 0 Å². The van der Waals surface area contributed by atoms with Crippen LogP contribution >= 0.6 is 15.9 Å². The standard InChI is InChI=1S/C14H14BrN5O2/c15-10-6-19-20-4-2-9(5-12(10)20)14(21)17-7-11-13(1-3-16)22-8-18-11/h2,4-6,8H,1,3,7,16H2,(H,17,21). The molecular weight excluding hydrogens is 350 g/mol. The van der Waals surface area contributed by atoms with Crippen LogP contribution in [0.15, 0.2) is 39.8 Å². The molecule has 0 saturated carbocycles. The second-order valence-electron chi connectivity index (χ2n) is 4.68. The third-order valence-corrected chi connectivity index (χ3v) is 3.86. The zero-order chi connectivity index (χ0) is 15.5. The van der Waals surface area contributed by atoms with E-state index < -0.39 is 0 Å². The third-order valence-electron chi connectivity index (χ3n) is 3.25. The summed E-state index contributed by atoms with van der Waals surface area (Å²) in [4.78, 5) is 16.3. The molecule has 114 valence electrons. The van der Waals surface area contributed by atoms with Gasteiger partial charge in [0.05, 0.1) is 22.7 Å². The summed E-state index contributed by atoms with van der Waals surface area (Å²) >= 11 is 3.40. The normalized spacial score (nSPS) is 11.0. The van der Waals surface area contributed by atoms with Gasteiger partial charge in [-0.1, -0.05) is 0 Å². The molecule has 0 aromatic carbocycles. The minimum atomic E-state index is -0.183. The van der Waals surface area contributed by atoms with E-state index in [0.717, 1.165) is 9.99 Å². The molecule has 0 unspecified atom stereocenters. The Labute approximate surface area is 134 Å². The first-order chi connectivity index (χ1) is 10.7. The molecule has 0 aliphatic heterocycles. The summed E-state index contributed by atoms with van der Waals surface area (Å²) in [7, 11) is 0. The van der Waals surface area contributed by atoms with E-state index in [1.165, 1.54) is 6.39 Å². The quantitative estimate of drug-likeness (QED) is 0.715. The molecule has 22 heavy (non-hydrogen) atoms. The molecule has 0 bridgehead atoms. The van der Waals surface area contributed by atoms with Gasteiger partial charge < -0.3 is 15.5 Å². The minimum Gasteiger partial charge on any atom is -0.448 e. The highest BCUT2D eigenvalue weighted by Crippen LogP contribution is 2.18. The molecule has 3 N–H and O–H groups in total. The molecule has 3 heterocycles. The van der Waals surface area contributed by atoms with Crippen molar-refractivity contribution in [1.82, 2.24) is 19.9 Å². The maximum Gasteiger partial charge on any atom is 0.251 e. The first kappa shape index (κ1) is 14.7. The lowest BCUT2D eigenvalue weighted by molar-refractivity contribution is 0.0950. The number of nitrogens with one attached hydrogen (secondary N) is 1. The molecule has 1 amide bonds. The molecule has 0 spiro atoms. The zero-order valence-electron chi connectivity index (χ0n) is 11.6. The number of pyridine rings is 1. The zero-order valence-corrected chi connectivity index (χ0v) is 13.2. The van der Waals surface area contributed by atoms with Gasteiger partial charge in [0, 0.05) is 18.2 Å². The summed E-state index contributed by atoms with van der Waals surface area (Å²) < 4.78 is 7.78. The largest absolute Gasteiger partial charge is 0.448 e. The molecule has 3 rings (SSSR count). The van der Waals surface area contributed by atoms with Crippen LogP contribution in [0.4, 0.5) is 0 Å². The first-order valence-corrected chi connectivity index (χ1v) is 7.50. The number of hydrogen-bond donors (Lipinski definition) is 2. The number of carbonyl (C=O) groups is 1. The first-order valence-electron chi connectivity index (χ1n) is 6.71. The summed E-state index contributed by atoms with van der Waals surface area (Å²) in [6.45, 7) is 0.776. The number of hydrogen-bond acceptors (Lipinski definition) is 5. The van der Waals surface area contributed by atoms with E-state index in [9.17, 15) is 4.79 Å². The van der Waals surface area contributed by atoms with Crippen LogP contribution in [-0.2, 0) is 13.0 Å². The number of aromatic nitrogens is 3. The summed E-state index contributed by atoms with van der Waals surface area (Å²) in [6, 6.07) is 3.49. The number of nitrogens with two attached hydrogens (primary N) is 1. The maximum atomic E-state index is 12.2. The summed E-state index contributed by atoms with van der Waals surface area (Å²) in [6.07, 6.45) is 5.39. The Bertz CT molecular complexity index is 811. The molecule has 0 aliphatic rings. The highest BCUT2D eigenvalue weighted by atomic mass is 79.9. The van der Waals surface area contributed by atoms with Gasteiger partial charge in [-0.3, -0.25) is 4.79 Å². The fraction of sp³-hybridized carbons (Fsp3) is 0.214. The van der Waals surface area contributed by atoms with Crippen molar-refractivity contribution in [1.29, 1.82) is 0 Å². The average molecular weight is 364 g/mol. The van der Waals surface area contributed by atoms with Crippen molar-refractivity contribution >= 4 is 27.4 Å². The number of halogens is 1. The molecule has 3 aromatic rings. The highest BCUT2D eigenvalue weighted by Gasteiger charge is 2.12. The minimum absolute atomic E-state index is 0.183. The van der Waals surface area contributed by atoms with Gasteiger partial charge in [-0.25, -0.2) is 9.50 Å². The second-order valence-corrected chi connectivity index (χ2v) is 5.54. The fourth-order valence-corrected chi connectivity index (χ4v) is 2.52. The van der Waals surface area contributed by atoms with Crippen molar-refractivity contribution in [2.45, 2.75) is 13.0 Å². The third kappa shape index (κ3) is 2.88. The van der Waals surface area contributed by atoms with Crippen molar-refractivity contribution < 1.29 is 9.21 Å². The Morgan fingerprint density at radius 2 is 2.36 bits per heavy atom. The summed E-state index contributed by atoms with van der Waals surface area (Å²) in [5.41, 5.74) is 7.59. The average Bonchev–Trinajstić information content (AvgIpc) is 3.12. The van der Waals surface area contributed by atoms with Gasteiger partial charge in [0.15, 0.2) is 6.39 Å². The molecule has 0 fully saturated rings. The van der Waals surface area contributed by atoms with Gasteiger partial charge in [-0.05, 0) is 34.6 Å². The van der Waals surface area contributed by atoms with E-state index in [-0.39, 0.29) is 5.91 Å². The molecule has 8 heteroatoms. The van der Waals surface area contributed by atoms with E-state index in [1.54, 1.807) is 29.0 Å². The van der Waals surface area contributed by atoms with Crippen molar-refractivity contribution in [3.05, 3.63) is 52.4 Å². The smallest absolute Gasteiger partial charge is 0.251 e. The van der Waals surface area contributed by atoms with Crippen LogP contribution in [0.5, 0.6) is 0 Å². The van der Waals surface area contributed by atoms with Crippen LogP contribution in [0, 0.1) is 0 Å². The highest BCUT2D eigenvalue weighted by molar-refractivity contribution is 9.10.